The van der Waals surface area contributed by atoms with Gasteiger partial charge in [-0.15, -0.1) is 0 Å². The zero-order valence-electron chi connectivity index (χ0n) is 16.9. The van der Waals surface area contributed by atoms with E-state index in [9.17, 15) is 18.0 Å². The summed E-state index contributed by atoms with van der Waals surface area (Å²) in [4.78, 5) is 19.4. The van der Waals surface area contributed by atoms with Gasteiger partial charge in [-0.3, -0.25) is 9.48 Å². The number of benzene rings is 2. The van der Waals surface area contributed by atoms with E-state index < -0.39 is 11.7 Å². The summed E-state index contributed by atoms with van der Waals surface area (Å²) in [5.74, 6) is -0.225. The Morgan fingerprint density at radius 2 is 1.74 bits per heavy atom. The minimum atomic E-state index is -4.42. The maximum atomic E-state index is 13.3. The van der Waals surface area contributed by atoms with E-state index in [-0.39, 0.29) is 5.91 Å². The van der Waals surface area contributed by atoms with Crippen molar-refractivity contribution in [1.29, 1.82) is 0 Å². The molecule has 0 saturated heterocycles. The SMILES string of the molecule is CN(Cc1ccccc1)C(=O)c1cc(-c2ccc(C(F)(F)F)cc2)nc2c1cnn2C. The van der Waals surface area contributed by atoms with Gasteiger partial charge in [-0.2, -0.15) is 18.3 Å². The van der Waals surface area contributed by atoms with Crippen LogP contribution in [0.5, 0.6) is 0 Å². The molecule has 0 aliphatic carbocycles. The predicted octanol–water partition coefficient (Wildman–Crippen LogP) is 4.93. The Morgan fingerprint density at radius 3 is 2.39 bits per heavy atom. The van der Waals surface area contributed by atoms with E-state index in [0.717, 1.165) is 17.7 Å². The van der Waals surface area contributed by atoms with E-state index in [0.29, 0.717) is 34.4 Å². The Kier molecular flexibility index (Phi) is 5.22. The average molecular weight is 424 g/mol. The van der Waals surface area contributed by atoms with E-state index in [4.69, 9.17) is 0 Å². The van der Waals surface area contributed by atoms with Crippen LogP contribution in [0.15, 0.2) is 66.9 Å². The highest BCUT2D eigenvalue weighted by Gasteiger charge is 2.30. The fourth-order valence-electron chi connectivity index (χ4n) is 3.40. The van der Waals surface area contributed by atoms with Crippen LogP contribution in [-0.4, -0.2) is 32.6 Å². The second-order valence-corrected chi connectivity index (χ2v) is 7.28. The molecule has 0 aliphatic rings. The van der Waals surface area contributed by atoms with E-state index in [1.54, 1.807) is 31.3 Å². The number of aryl methyl sites for hydroxylation is 1. The Bertz CT molecular complexity index is 1230. The van der Waals surface area contributed by atoms with Crippen molar-refractivity contribution in [3.05, 3.63) is 83.6 Å². The molecule has 1 amide bonds. The van der Waals surface area contributed by atoms with Crippen molar-refractivity contribution >= 4 is 16.9 Å². The molecule has 0 bridgehead atoms. The molecule has 8 heteroatoms. The van der Waals surface area contributed by atoms with Crippen LogP contribution in [0.25, 0.3) is 22.3 Å². The summed E-state index contributed by atoms with van der Waals surface area (Å²) in [6.07, 6.45) is -2.85. The Hall–Kier alpha value is -3.68. The molecule has 31 heavy (non-hydrogen) atoms. The van der Waals surface area contributed by atoms with Crippen LogP contribution < -0.4 is 0 Å². The van der Waals surface area contributed by atoms with Gasteiger partial charge in [0.05, 0.1) is 28.4 Å². The molecule has 4 aromatic rings. The molecule has 2 heterocycles. The van der Waals surface area contributed by atoms with Crippen molar-refractivity contribution in [3.63, 3.8) is 0 Å². The lowest BCUT2D eigenvalue weighted by Crippen LogP contribution is -2.26. The predicted molar refractivity (Wildman–Crippen MR) is 111 cm³/mol. The number of hydrogen-bond acceptors (Lipinski definition) is 3. The molecule has 158 valence electrons. The summed E-state index contributed by atoms with van der Waals surface area (Å²) < 4.78 is 40.2. The maximum absolute atomic E-state index is 13.3. The molecule has 0 N–H and O–H groups in total. The molecule has 2 aromatic heterocycles. The first-order valence-electron chi connectivity index (χ1n) is 9.54. The van der Waals surface area contributed by atoms with Crippen molar-refractivity contribution < 1.29 is 18.0 Å². The second-order valence-electron chi connectivity index (χ2n) is 7.28. The molecule has 0 fully saturated rings. The Morgan fingerprint density at radius 1 is 1.06 bits per heavy atom. The largest absolute Gasteiger partial charge is 0.416 e. The molecule has 5 nitrogen and oxygen atoms in total. The topological polar surface area (TPSA) is 51.0 Å². The molecule has 4 rings (SSSR count). The normalized spacial score (nSPS) is 11.6. The van der Waals surface area contributed by atoms with Gasteiger partial charge < -0.3 is 4.90 Å². The number of pyridine rings is 1. The minimum absolute atomic E-state index is 0.225. The summed E-state index contributed by atoms with van der Waals surface area (Å²) in [5, 5.41) is 4.78. The third-order valence-corrected chi connectivity index (χ3v) is 5.05. The lowest BCUT2D eigenvalue weighted by molar-refractivity contribution is -0.137. The molecule has 2 aromatic carbocycles. The summed E-state index contributed by atoms with van der Waals surface area (Å²) in [5.41, 5.74) is 2.01. The monoisotopic (exact) mass is 424 g/mol. The lowest BCUT2D eigenvalue weighted by atomic mass is 10.0. The van der Waals surface area contributed by atoms with Gasteiger partial charge in [0.25, 0.3) is 5.91 Å². The number of amides is 1. The number of aromatic nitrogens is 3. The molecule has 0 aliphatic heterocycles. The van der Waals surface area contributed by atoms with E-state index >= 15 is 0 Å². The molecule has 0 radical (unpaired) electrons. The second kappa shape index (κ2) is 7.86. The van der Waals surface area contributed by atoms with E-state index in [1.165, 1.54) is 16.8 Å². The van der Waals surface area contributed by atoms with Crippen LogP contribution in [-0.2, 0) is 19.8 Å². The van der Waals surface area contributed by atoms with Gasteiger partial charge in [-0.25, -0.2) is 4.98 Å². The standard InChI is InChI=1S/C23H19F3N4O/c1-29(14-15-6-4-3-5-7-15)22(31)18-12-20(28-21-19(18)13-27-30(21)2)16-8-10-17(11-9-16)23(24,25)26/h3-13H,14H2,1-2H3. The van der Waals surface area contributed by atoms with Crippen molar-refractivity contribution in [2.45, 2.75) is 12.7 Å². The number of alkyl halides is 3. The molecule has 0 atom stereocenters. The van der Waals surface area contributed by atoms with Gasteiger partial charge in [0.2, 0.25) is 0 Å². The van der Waals surface area contributed by atoms with Crippen molar-refractivity contribution in [2.75, 3.05) is 7.05 Å². The quantitative estimate of drug-likeness (QED) is 0.467. The van der Waals surface area contributed by atoms with Crippen molar-refractivity contribution in [2.24, 2.45) is 7.05 Å². The summed E-state index contributed by atoms with van der Waals surface area (Å²) >= 11 is 0. The number of carbonyl (C=O) groups is 1. The number of nitrogens with zero attached hydrogens (tertiary/aromatic N) is 4. The van der Waals surface area contributed by atoms with Gasteiger partial charge in [-0.05, 0) is 23.8 Å². The maximum Gasteiger partial charge on any atom is 0.416 e. The molecule has 0 spiro atoms. The fraction of sp³-hybridized carbons (Fsp3) is 0.174. The van der Waals surface area contributed by atoms with Gasteiger partial charge in [0.15, 0.2) is 5.65 Å². The van der Waals surface area contributed by atoms with Crippen LogP contribution in [0.4, 0.5) is 13.2 Å². The third kappa shape index (κ3) is 4.14. The van der Waals surface area contributed by atoms with E-state index in [1.807, 2.05) is 30.3 Å². The zero-order valence-corrected chi connectivity index (χ0v) is 16.9. The van der Waals surface area contributed by atoms with Crippen LogP contribution in [0.3, 0.4) is 0 Å². The van der Waals surface area contributed by atoms with Crippen LogP contribution in [0.1, 0.15) is 21.5 Å². The molecule has 0 saturated carbocycles. The first kappa shape index (κ1) is 20.6. The molecule has 0 unspecified atom stereocenters. The minimum Gasteiger partial charge on any atom is -0.337 e. The summed E-state index contributed by atoms with van der Waals surface area (Å²) in [6.45, 7) is 0.416. The van der Waals surface area contributed by atoms with Crippen molar-refractivity contribution in [1.82, 2.24) is 19.7 Å². The number of fused-ring (bicyclic) bond motifs is 1. The van der Waals surface area contributed by atoms with Crippen LogP contribution >= 0.6 is 0 Å². The fourth-order valence-corrected chi connectivity index (χ4v) is 3.40. The van der Waals surface area contributed by atoms with Crippen molar-refractivity contribution in [3.8, 4) is 11.3 Å². The van der Waals surface area contributed by atoms with Gasteiger partial charge >= 0.3 is 6.18 Å². The number of rotatable bonds is 4. The van der Waals surface area contributed by atoms with Crippen LogP contribution in [0.2, 0.25) is 0 Å². The Balaban J connectivity index is 1.74. The molecular formula is C23H19F3N4O. The Labute approximate surface area is 176 Å². The first-order valence-corrected chi connectivity index (χ1v) is 9.54. The van der Waals surface area contributed by atoms with E-state index in [2.05, 4.69) is 10.1 Å². The van der Waals surface area contributed by atoms with Gasteiger partial charge in [0.1, 0.15) is 0 Å². The lowest BCUT2D eigenvalue weighted by Gasteiger charge is -2.18. The number of carbonyl (C=O) groups excluding carboxylic acids is 1. The smallest absolute Gasteiger partial charge is 0.337 e. The zero-order chi connectivity index (χ0) is 22.2. The highest BCUT2D eigenvalue weighted by atomic mass is 19.4. The number of hydrogen-bond donors (Lipinski definition) is 0. The van der Waals surface area contributed by atoms with Gasteiger partial charge in [-0.1, -0.05) is 42.5 Å². The average Bonchev–Trinajstić information content (AvgIpc) is 3.13. The summed E-state index contributed by atoms with van der Waals surface area (Å²) in [6, 6.07) is 15.9. The highest BCUT2D eigenvalue weighted by molar-refractivity contribution is 6.06. The number of halogens is 3. The third-order valence-electron chi connectivity index (χ3n) is 5.05. The highest BCUT2D eigenvalue weighted by Crippen LogP contribution is 2.31. The first-order chi connectivity index (χ1) is 14.7. The van der Waals surface area contributed by atoms with Gasteiger partial charge in [0, 0.05) is 26.2 Å². The molecular weight excluding hydrogens is 405 g/mol. The summed E-state index contributed by atoms with van der Waals surface area (Å²) in [7, 11) is 3.41. The van der Waals surface area contributed by atoms with Crippen LogP contribution in [0, 0.1) is 0 Å².